The average Bonchev–Trinajstić information content (AvgIpc) is 3.13. The quantitative estimate of drug-likeness (QED) is 0.454. The second kappa shape index (κ2) is 9.40. The second-order valence-electron chi connectivity index (χ2n) is 7.49. The van der Waals surface area contributed by atoms with Crippen molar-refractivity contribution in [2.24, 2.45) is 7.05 Å². The Morgan fingerprint density at radius 1 is 1.36 bits per heavy atom. The highest BCUT2D eigenvalue weighted by Crippen LogP contribution is 2.28. The molecule has 11 heteroatoms. The number of carbonyl (C=O) groups excluding carboxylic acids is 1. The van der Waals surface area contributed by atoms with Crippen LogP contribution in [0.1, 0.15) is 19.8 Å². The first-order chi connectivity index (χ1) is 16.0. The molecule has 11 nitrogen and oxygen atoms in total. The Labute approximate surface area is 191 Å². The van der Waals surface area contributed by atoms with E-state index >= 15 is 0 Å². The van der Waals surface area contributed by atoms with Gasteiger partial charge >= 0.3 is 5.91 Å². The molecule has 4 rings (SSSR count). The van der Waals surface area contributed by atoms with Crippen molar-refractivity contribution >= 4 is 40.1 Å². The Morgan fingerprint density at radius 3 is 2.97 bits per heavy atom. The number of fused-ring (bicyclic) bond motifs is 1. The van der Waals surface area contributed by atoms with Gasteiger partial charge in [0, 0.05) is 44.6 Å². The van der Waals surface area contributed by atoms with Gasteiger partial charge in [0.15, 0.2) is 5.82 Å². The molecular formula is C22H23N9O2. The van der Waals surface area contributed by atoms with Crippen LogP contribution >= 0.6 is 0 Å². The summed E-state index contributed by atoms with van der Waals surface area (Å²) in [6.07, 6.45) is 5.11. The van der Waals surface area contributed by atoms with Crippen LogP contribution < -0.4 is 20.3 Å². The maximum absolute atomic E-state index is 11.8. The minimum Gasteiger partial charge on any atom is -0.490 e. The lowest BCUT2D eigenvalue weighted by Crippen LogP contribution is -2.42. The first-order valence-electron chi connectivity index (χ1n) is 10.4. The van der Waals surface area contributed by atoms with Gasteiger partial charge in [-0.25, -0.2) is 14.8 Å². The van der Waals surface area contributed by atoms with Crippen molar-refractivity contribution in [3.8, 4) is 17.7 Å². The molecule has 0 radical (unpaired) electrons. The van der Waals surface area contributed by atoms with Gasteiger partial charge in [0.25, 0.3) is 5.69 Å². The van der Waals surface area contributed by atoms with E-state index < -0.39 is 5.91 Å². The number of pyridine rings is 1. The number of ether oxygens (including phenoxy) is 1. The van der Waals surface area contributed by atoms with Crippen LogP contribution in [0.15, 0.2) is 18.5 Å². The number of carbonyl (C=O) groups is 1. The van der Waals surface area contributed by atoms with Crippen molar-refractivity contribution in [3.63, 3.8) is 0 Å². The molecule has 1 aliphatic rings. The largest absolute Gasteiger partial charge is 0.490 e. The second-order valence-corrected chi connectivity index (χ2v) is 7.49. The molecule has 2 N–H and O–H groups in total. The number of anilines is 3. The Kier molecular flexibility index (Phi) is 6.22. The SMILES string of the molecule is [C-]#[N+]c1cnc(N[C@@H]2CCCN(c3cc4c(cn3)c(NC(=O)C#CC)nn4C)C2)nc1OC. The van der Waals surface area contributed by atoms with E-state index in [0.717, 1.165) is 36.1 Å². The van der Waals surface area contributed by atoms with E-state index in [-0.39, 0.29) is 17.6 Å². The van der Waals surface area contributed by atoms with Gasteiger partial charge < -0.3 is 15.0 Å². The lowest BCUT2D eigenvalue weighted by molar-refractivity contribution is -0.111. The third-order valence-electron chi connectivity index (χ3n) is 5.32. The fourth-order valence-electron chi connectivity index (χ4n) is 3.80. The number of nitrogens with one attached hydrogen (secondary N) is 2. The number of hydrogen-bond donors (Lipinski definition) is 2. The lowest BCUT2D eigenvalue weighted by atomic mass is 10.1. The molecular weight excluding hydrogens is 422 g/mol. The maximum Gasteiger partial charge on any atom is 0.301 e. The van der Waals surface area contributed by atoms with E-state index in [1.807, 2.05) is 13.1 Å². The van der Waals surface area contributed by atoms with Crippen molar-refractivity contribution in [2.75, 3.05) is 35.7 Å². The topological polar surface area (TPSA) is 114 Å². The summed E-state index contributed by atoms with van der Waals surface area (Å²) in [5.41, 5.74) is 1.14. The van der Waals surface area contributed by atoms with Gasteiger partial charge in [0.05, 0.1) is 24.6 Å². The smallest absolute Gasteiger partial charge is 0.301 e. The summed E-state index contributed by atoms with van der Waals surface area (Å²) in [6.45, 7) is 10.3. The Bertz CT molecular complexity index is 1300. The van der Waals surface area contributed by atoms with Crippen molar-refractivity contribution in [1.29, 1.82) is 0 Å². The van der Waals surface area contributed by atoms with Crippen LogP contribution in [0.3, 0.4) is 0 Å². The Morgan fingerprint density at radius 2 is 2.21 bits per heavy atom. The molecule has 0 aromatic carbocycles. The van der Waals surface area contributed by atoms with Crippen molar-refractivity contribution in [2.45, 2.75) is 25.8 Å². The molecule has 3 aromatic heterocycles. The van der Waals surface area contributed by atoms with Gasteiger partial charge in [-0.05, 0) is 25.7 Å². The van der Waals surface area contributed by atoms with Crippen LogP contribution in [-0.2, 0) is 11.8 Å². The minimum absolute atomic E-state index is 0.105. The molecule has 0 bridgehead atoms. The highest BCUT2D eigenvalue weighted by Gasteiger charge is 2.23. The number of hydrogen-bond acceptors (Lipinski definition) is 8. The summed E-state index contributed by atoms with van der Waals surface area (Å²) >= 11 is 0. The van der Waals surface area contributed by atoms with E-state index in [9.17, 15) is 4.79 Å². The normalized spacial score (nSPS) is 15.3. The number of aryl methyl sites for hydroxylation is 1. The molecule has 3 aromatic rings. The molecule has 0 aliphatic carbocycles. The van der Waals surface area contributed by atoms with Crippen LogP contribution in [-0.4, -0.2) is 56.9 Å². The predicted octanol–water partition coefficient (Wildman–Crippen LogP) is 2.36. The van der Waals surface area contributed by atoms with Gasteiger partial charge in [0.2, 0.25) is 11.8 Å². The highest BCUT2D eigenvalue weighted by molar-refractivity contribution is 6.07. The molecule has 0 spiro atoms. The van der Waals surface area contributed by atoms with Crippen LogP contribution in [0, 0.1) is 18.4 Å². The molecule has 1 fully saturated rings. The predicted molar refractivity (Wildman–Crippen MR) is 124 cm³/mol. The van der Waals surface area contributed by atoms with Gasteiger partial charge in [-0.2, -0.15) is 10.1 Å². The third-order valence-corrected chi connectivity index (χ3v) is 5.32. The molecule has 4 heterocycles. The van der Waals surface area contributed by atoms with Crippen LogP contribution in [0.5, 0.6) is 5.88 Å². The molecule has 1 amide bonds. The fourth-order valence-corrected chi connectivity index (χ4v) is 3.80. The van der Waals surface area contributed by atoms with Crippen LogP contribution in [0.4, 0.5) is 23.3 Å². The summed E-state index contributed by atoms with van der Waals surface area (Å²) in [5, 5.41) is 11.2. The van der Waals surface area contributed by atoms with E-state index in [4.69, 9.17) is 11.3 Å². The summed E-state index contributed by atoms with van der Waals surface area (Å²) in [4.78, 5) is 30.5. The number of rotatable bonds is 5. The highest BCUT2D eigenvalue weighted by atomic mass is 16.5. The number of nitrogens with zero attached hydrogens (tertiary/aromatic N) is 7. The summed E-state index contributed by atoms with van der Waals surface area (Å²) in [7, 11) is 3.31. The Hall–Kier alpha value is -4.38. The molecule has 168 valence electrons. The monoisotopic (exact) mass is 445 g/mol. The van der Waals surface area contributed by atoms with Gasteiger partial charge in [-0.15, -0.1) is 0 Å². The average molecular weight is 445 g/mol. The molecule has 33 heavy (non-hydrogen) atoms. The van der Waals surface area contributed by atoms with Crippen molar-refractivity contribution < 1.29 is 9.53 Å². The molecule has 0 unspecified atom stereocenters. The summed E-state index contributed by atoms with van der Waals surface area (Å²) in [6, 6.07) is 2.07. The van der Waals surface area contributed by atoms with Crippen LogP contribution in [0.25, 0.3) is 15.7 Å². The summed E-state index contributed by atoms with van der Waals surface area (Å²) in [5.74, 6) is 6.56. The van der Waals surface area contributed by atoms with Gasteiger partial charge in [-0.1, -0.05) is 5.92 Å². The van der Waals surface area contributed by atoms with E-state index in [2.05, 4.69) is 52.3 Å². The van der Waals surface area contributed by atoms with Gasteiger partial charge in [-0.3, -0.25) is 14.8 Å². The van der Waals surface area contributed by atoms with Gasteiger partial charge in [0.1, 0.15) is 5.82 Å². The van der Waals surface area contributed by atoms with E-state index in [1.165, 1.54) is 13.3 Å². The van der Waals surface area contributed by atoms with Crippen molar-refractivity contribution in [3.05, 3.63) is 29.9 Å². The zero-order valence-electron chi connectivity index (χ0n) is 18.6. The van der Waals surface area contributed by atoms with E-state index in [1.54, 1.807) is 17.8 Å². The molecule has 1 atom stereocenters. The first kappa shape index (κ1) is 21.8. The number of piperidine rings is 1. The number of amides is 1. The van der Waals surface area contributed by atoms with Crippen molar-refractivity contribution in [1.82, 2.24) is 24.7 Å². The number of aromatic nitrogens is 5. The summed E-state index contributed by atoms with van der Waals surface area (Å²) < 4.78 is 6.90. The standard InChI is InChI=1S/C22H23N9O2/c1-5-7-19(32)27-20-15-11-24-18(10-17(15)30(3)29-20)31-9-6-8-14(13-31)26-22-25-12-16(23-2)21(28-22)33-4/h10-12,14H,6,8-9,13H2,1,3-4H3,(H,25,26,28)(H,27,29,32)/t14-/m1/s1. The lowest BCUT2D eigenvalue weighted by Gasteiger charge is -2.34. The number of methoxy groups -OCH3 is 1. The zero-order valence-corrected chi connectivity index (χ0v) is 18.6. The molecule has 0 saturated carbocycles. The molecule has 1 aliphatic heterocycles. The van der Waals surface area contributed by atoms with Crippen LogP contribution in [0.2, 0.25) is 0 Å². The van der Waals surface area contributed by atoms with E-state index in [0.29, 0.717) is 18.3 Å². The zero-order chi connectivity index (χ0) is 23.4. The Balaban J connectivity index is 1.51. The maximum atomic E-state index is 11.8. The minimum atomic E-state index is -0.408. The fraction of sp³-hybridized carbons (Fsp3) is 0.364. The third kappa shape index (κ3) is 4.62. The first-order valence-corrected chi connectivity index (χ1v) is 10.4. The molecule has 1 saturated heterocycles.